The molecule has 0 aliphatic heterocycles. The lowest BCUT2D eigenvalue weighted by atomic mass is 10.1. The molecule has 0 unspecified atom stereocenters. The highest BCUT2D eigenvalue weighted by Crippen LogP contribution is 2.19. The lowest BCUT2D eigenvalue weighted by Crippen LogP contribution is -2.20. The largest absolute Gasteiger partial charge is 0.452 e. The average molecular weight is 344 g/mol. The minimum Gasteiger partial charge on any atom is -0.452 e. The lowest BCUT2D eigenvalue weighted by molar-refractivity contribution is -0.142. The monoisotopic (exact) mass is 343 g/mol. The number of rotatable bonds is 5. The number of benzene rings is 2. The molecule has 0 saturated heterocycles. The first-order chi connectivity index (χ1) is 11.5. The van der Waals surface area contributed by atoms with Gasteiger partial charge in [0.2, 0.25) is 0 Å². The second-order valence-corrected chi connectivity index (χ2v) is 5.74. The molecule has 0 spiro atoms. The number of esters is 1. The van der Waals surface area contributed by atoms with Gasteiger partial charge in [-0.15, -0.1) is 0 Å². The molecule has 0 fully saturated rings. The van der Waals surface area contributed by atoms with E-state index in [4.69, 9.17) is 16.3 Å². The molecule has 0 bridgehead atoms. The number of carbonyl (C=O) groups excluding carboxylic acids is 2. The molecule has 5 heteroatoms. The van der Waals surface area contributed by atoms with Crippen LogP contribution >= 0.6 is 11.6 Å². The van der Waals surface area contributed by atoms with Gasteiger partial charge in [-0.05, 0) is 54.8 Å². The van der Waals surface area contributed by atoms with E-state index in [1.807, 2.05) is 38.1 Å². The fraction of sp³-hybridized carbons (Fsp3) is 0.158. The summed E-state index contributed by atoms with van der Waals surface area (Å²) in [5.41, 5.74) is 3.45. The van der Waals surface area contributed by atoms with Crippen LogP contribution in [0.15, 0.2) is 48.5 Å². The predicted octanol–water partition coefficient (Wildman–Crippen LogP) is 4.15. The third-order valence-electron chi connectivity index (χ3n) is 3.40. The fourth-order valence-corrected chi connectivity index (χ4v) is 2.30. The zero-order valence-electron chi connectivity index (χ0n) is 13.5. The SMILES string of the molecule is Cc1ccccc1/C=C/C(=O)OCC(=O)Nc1ccc(Cl)cc1C. The zero-order chi connectivity index (χ0) is 17.5. The molecular weight excluding hydrogens is 326 g/mol. The summed E-state index contributed by atoms with van der Waals surface area (Å²) in [5, 5.41) is 3.27. The van der Waals surface area contributed by atoms with Crippen molar-refractivity contribution in [2.75, 3.05) is 11.9 Å². The van der Waals surface area contributed by atoms with E-state index in [1.165, 1.54) is 6.08 Å². The molecule has 24 heavy (non-hydrogen) atoms. The topological polar surface area (TPSA) is 55.4 Å². The Morgan fingerprint density at radius 3 is 2.58 bits per heavy atom. The second kappa shape index (κ2) is 8.31. The van der Waals surface area contributed by atoms with Gasteiger partial charge in [-0.25, -0.2) is 4.79 Å². The van der Waals surface area contributed by atoms with Gasteiger partial charge in [0, 0.05) is 16.8 Å². The van der Waals surface area contributed by atoms with E-state index in [-0.39, 0.29) is 6.61 Å². The predicted molar refractivity (Wildman–Crippen MR) is 96.0 cm³/mol. The van der Waals surface area contributed by atoms with Gasteiger partial charge in [0.15, 0.2) is 6.61 Å². The number of ether oxygens (including phenoxy) is 1. The Hall–Kier alpha value is -2.59. The van der Waals surface area contributed by atoms with E-state index < -0.39 is 11.9 Å². The molecule has 0 aliphatic carbocycles. The Bertz CT molecular complexity index is 784. The van der Waals surface area contributed by atoms with Gasteiger partial charge in [-0.3, -0.25) is 4.79 Å². The summed E-state index contributed by atoms with van der Waals surface area (Å²) in [6, 6.07) is 12.8. The van der Waals surface area contributed by atoms with Crippen molar-refractivity contribution in [1.82, 2.24) is 0 Å². The number of aryl methyl sites for hydroxylation is 2. The third kappa shape index (κ3) is 5.25. The van der Waals surface area contributed by atoms with E-state index in [0.29, 0.717) is 10.7 Å². The van der Waals surface area contributed by atoms with Gasteiger partial charge in [-0.2, -0.15) is 0 Å². The molecular formula is C19H18ClNO3. The van der Waals surface area contributed by atoms with Crippen LogP contribution in [0.3, 0.4) is 0 Å². The number of halogens is 1. The van der Waals surface area contributed by atoms with Crippen molar-refractivity contribution >= 4 is 35.2 Å². The molecule has 0 heterocycles. The van der Waals surface area contributed by atoms with Gasteiger partial charge < -0.3 is 10.1 Å². The van der Waals surface area contributed by atoms with E-state index in [1.54, 1.807) is 24.3 Å². The second-order valence-electron chi connectivity index (χ2n) is 5.31. The van der Waals surface area contributed by atoms with Crippen molar-refractivity contribution in [2.45, 2.75) is 13.8 Å². The van der Waals surface area contributed by atoms with Crippen LogP contribution in [-0.2, 0) is 14.3 Å². The van der Waals surface area contributed by atoms with E-state index in [9.17, 15) is 9.59 Å². The Balaban J connectivity index is 1.85. The first kappa shape index (κ1) is 17.8. The Labute approximate surface area is 146 Å². The van der Waals surface area contributed by atoms with E-state index in [2.05, 4.69) is 5.32 Å². The van der Waals surface area contributed by atoms with Gasteiger partial charge in [0.05, 0.1) is 0 Å². The summed E-state index contributed by atoms with van der Waals surface area (Å²) < 4.78 is 4.94. The zero-order valence-corrected chi connectivity index (χ0v) is 14.3. The number of hydrogen-bond donors (Lipinski definition) is 1. The molecule has 2 aromatic carbocycles. The number of amides is 1. The van der Waals surface area contributed by atoms with Crippen LogP contribution in [0.1, 0.15) is 16.7 Å². The molecule has 2 rings (SSSR count). The average Bonchev–Trinajstić information content (AvgIpc) is 2.55. The molecule has 1 N–H and O–H groups in total. The quantitative estimate of drug-likeness (QED) is 0.655. The van der Waals surface area contributed by atoms with Crippen LogP contribution in [0.4, 0.5) is 5.69 Å². The Morgan fingerprint density at radius 1 is 1.12 bits per heavy atom. The normalized spacial score (nSPS) is 10.6. The van der Waals surface area contributed by atoms with Gasteiger partial charge >= 0.3 is 5.97 Å². The standard InChI is InChI=1S/C19H18ClNO3/c1-13-5-3-4-6-15(13)7-10-19(23)24-12-18(22)21-17-9-8-16(20)11-14(17)2/h3-11H,12H2,1-2H3,(H,21,22)/b10-7+. The van der Waals surface area contributed by atoms with E-state index in [0.717, 1.165) is 16.7 Å². The Kier molecular flexibility index (Phi) is 6.15. The van der Waals surface area contributed by atoms with Crippen LogP contribution in [-0.4, -0.2) is 18.5 Å². The molecule has 0 saturated carbocycles. The Morgan fingerprint density at radius 2 is 1.88 bits per heavy atom. The number of carbonyl (C=O) groups is 2. The molecule has 0 radical (unpaired) electrons. The van der Waals surface area contributed by atoms with Crippen LogP contribution < -0.4 is 5.32 Å². The highest BCUT2D eigenvalue weighted by Gasteiger charge is 2.07. The number of anilines is 1. The summed E-state index contributed by atoms with van der Waals surface area (Å²) in [7, 11) is 0. The summed E-state index contributed by atoms with van der Waals surface area (Å²) in [6.07, 6.45) is 2.97. The van der Waals surface area contributed by atoms with Crippen molar-refractivity contribution in [2.24, 2.45) is 0 Å². The van der Waals surface area contributed by atoms with Gasteiger partial charge in [-0.1, -0.05) is 35.9 Å². The van der Waals surface area contributed by atoms with Crippen molar-refractivity contribution in [3.63, 3.8) is 0 Å². The maximum Gasteiger partial charge on any atom is 0.331 e. The van der Waals surface area contributed by atoms with Crippen molar-refractivity contribution in [3.05, 3.63) is 70.3 Å². The summed E-state index contributed by atoms with van der Waals surface area (Å²) >= 11 is 5.86. The molecule has 124 valence electrons. The maximum absolute atomic E-state index is 11.8. The minimum absolute atomic E-state index is 0.348. The summed E-state index contributed by atoms with van der Waals surface area (Å²) in [6.45, 7) is 3.43. The van der Waals surface area contributed by atoms with Crippen LogP contribution in [0, 0.1) is 13.8 Å². The highest BCUT2D eigenvalue weighted by molar-refractivity contribution is 6.30. The molecule has 2 aromatic rings. The van der Waals surface area contributed by atoms with Crippen molar-refractivity contribution < 1.29 is 14.3 Å². The molecule has 0 atom stereocenters. The van der Waals surface area contributed by atoms with Crippen molar-refractivity contribution in [3.8, 4) is 0 Å². The van der Waals surface area contributed by atoms with E-state index >= 15 is 0 Å². The van der Waals surface area contributed by atoms with Gasteiger partial charge in [0.1, 0.15) is 0 Å². The smallest absolute Gasteiger partial charge is 0.331 e. The number of nitrogens with one attached hydrogen (secondary N) is 1. The summed E-state index contributed by atoms with van der Waals surface area (Å²) in [4.78, 5) is 23.5. The third-order valence-corrected chi connectivity index (χ3v) is 3.63. The first-order valence-corrected chi connectivity index (χ1v) is 7.80. The minimum atomic E-state index is -0.568. The van der Waals surface area contributed by atoms with Crippen LogP contribution in [0.5, 0.6) is 0 Å². The number of hydrogen-bond acceptors (Lipinski definition) is 3. The summed E-state index contributed by atoms with van der Waals surface area (Å²) in [5.74, 6) is -0.973. The molecule has 4 nitrogen and oxygen atoms in total. The van der Waals surface area contributed by atoms with Crippen LogP contribution in [0.2, 0.25) is 5.02 Å². The van der Waals surface area contributed by atoms with Gasteiger partial charge in [0.25, 0.3) is 5.91 Å². The highest BCUT2D eigenvalue weighted by atomic mass is 35.5. The molecule has 0 aliphatic rings. The fourth-order valence-electron chi connectivity index (χ4n) is 2.07. The van der Waals surface area contributed by atoms with Crippen molar-refractivity contribution in [1.29, 1.82) is 0 Å². The maximum atomic E-state index is 11.8. The molecule has 1 amide bonds. The van der Waals surface area contributed by atoms with Crippen LogP contribution in [0.25, 0.3) is 6.08 Å². The first-order valence-electron chi connectivity index (χ1n) is 7.42. The lowest BCUT2D eigenvalue weighted by Gasteiger charge is -2.08. The molecule has 0 aromatic heterocycles.